The standard InChI is InChI=1S/C33H21F6I3O6/c1-13-16(10-46-31(43)25-19(34)4-7-22(37)28(25)40)14(2)18(12-48-33(45)27-21(36)6-9-24(39)30(27)42)15(3)17(13)11-47-32(44)26-20(35)5-8-23(38)29(26)41/h4-9H,10-12H2,1-3H3. The number of hydrogen-bond acceptors (Lipinski definition) is 6. The van der Waals surface area contributed by atoms with Crippen LogP contribution >= 0.6 is 67.8 Å². The van der Waals surface area contributed by atoms with Gasteiger partial charge in [-0.2, -0.15) is 0 Å². The molecule has 0 bridgehead atoms. The fourth-order valence-electron chi connectivity index (χ4n) is 4.81. The van der Waals surface area contributed by atoms with E-state index in [0.29, 0.717) is 33.4 Å². The number of halogens is 9. The predicted octanol–water partition coefficient (Wildman–Crippen LogP) is 9.33. The first-order valence-corrected chi connectivity index (χ1v) is 16.8. The first-order chi connectivity index (χ1) is 22.6. The summed E-state index contributed by atoms with van der Waals surface area (Å²) < 4.78 is 101. The zero-order valence-electron chi connectivity index (χ0n) is 24.9. The lowest BCUT2D eigenvalue weighted by Crippen LogP contribution is -2.17. The maximum absolute atomic E-state index is 14.5. The van der Waals surface area contributed by atoms with Crippen molar-refractivity contribution in [3.8, 4) is 0 Å². The van der Waals surface area contributed by atoms with Crippen LogP contribution in [-0.4, -0.2) is 17.9 Å². The number of esters is 3. The van der Waals surface area contributed by atoms with Gasteiger partial charge in [0.25, 0.3) is 0 Å². The molecule has 0 saturated carbocycles. The van der Waals surface area contributed by atoms with Gasteiger partial charge in [0.1, 0.15) is 71.4 Å². The number of hydrogen-bond donors (Lipinski definition) is 0. The lowest BCUT2D eigenvalue weighted by molar-refractivity contribution is 0.0463. The van der Waals surface area contributed by atoms with E-state index in [1.807, 2.05) is 0 Å². The Morgan fingerprint density at radius 1 is 0.458 bits per heavy atom. The second kappa shape index (κ2) is 15.7. The van der Waals surface area contributed by atoms with Crippen LogP contribution in [0.3, 0.4) is 0 Å². The average Bonchev–Trinajstić information content (AvgIpc) is 3.03. The average molecular weight is 1010 g/mol. The molecule has 4 aromatic rings. The van der Waals surface area contributed by atoms with Gasteiger partial charge in [0.2, 0.25) is 0 Å². The van der Waals surface area contributed by atoms with Crippen molar-refractivity contribution in [3.05, 3.63) is 132 Å². The van der Waals surface area contributed by atoms with Crippen molar-refractivity contribution >= 4 is 85.7 Å². The van der Waals surface area contributed by atoms with Gasteiger partial charge in [-0.1, -0.05) is 0 Å². The van der Waals surface area contributed by atoms with Crippen LogP contribution in [-0.2, 0) is 34.0 Å². The summed E-state index contributed by atoms with van der Waals surface area (Å²) in [6.07, 6.45) is 0. The van der Waals surface area contributed by atoms with E-state index in [-0.39, 0.29) is 10.7 Å². The molecule has 6 nitrogen and oxygen atoms in total. The molecule has 0 unspecified atom stereocenters. The Kier molecular flexibility index (Phi) is 12.4. The van der Waals surface area contributed by atoms with E-state index in [1.54, 1.807) is 20.8 Å². The summed E-state index contributed by atoms with van der Waals surface area (Å²) in [5, 5.41) is 0. The Bertz CT molecular complexity index is 1740. The summed E-state index contributed by atoms with van der Waals surface area (Å²) in [6.45, 7) is 3.26. The van der Waals surface area contributed by atoms with E-state index in [0.717, 1.165) is 36.4 Å². The van der Waals surface area contributed by atoms with E-state index >= 15 is 0 Å². The lowest BCUT2D eigenvalue weighted by Gasteiger charge is -2.22. The molecule has 0 spiro atoms. The van der Waals surface area contributed by atoms with Crippen LogP contribution in [0.4, 0.5) is 26.3 Å². The third-order valence-electron chi connectivity index (χ3n) is 7.50. The summed E-state index contributed by atoms with van der Waals surface area (Å²) in [6, 6.07) is 4.91. The molecule has 0 N–H and O–H groups in total. The van der Waals surface area contributed by atoms with Crippen LogP contribution in [0.15, 0.2) is 36.4 Å². The molecule has 15 heteroatoms. The first-order valence-electron chi connectivity index (χ1n) is 13.6. The summed E-state index contributed by atoms with van der Waals surface area (Å²) in [7, 11) is 0. The molecule has 4 rings (SSSR count). The molecule has 0 amide bonds. The maximum atomic E-state index is 14.5. The largest absolute Gasteiger partial charge is 0.457 e. The zero-order chi connectivity index (χ0) is 35.6. The number of rotatable bonds is 9. The second-order valence-corrected chi connectivity index (χ2v) is 13.4. The minimum absolute atomic E-state index is 0.298. The van der Waals surface area contributed by atoms with E-state index in [2.05, 4.69) is 0 Å². The molecule has 0 radical (unpaired) electrons. The van der Waals surface area contributed by atoms with Crippen molar-refractivity contribution < 1.29 is 54.9 Å². The van der Waals surface area contributed by atoms with Crippen LogP contribution in [0.25, 0.3) is 0 Å². The van der Waals surface area contributed by atoms with Gasteiger partial charge in [0.15, 0.2) is 0 Å². The van der Waals surface area contributed by atoms with Gasteiger partial charge in [0.05, 0.1) is 10.7 Å². The van der Waals surface area contributed by atoms with Gasteiger partial charge in [-0.3, -0.25) is 0 Å². The lowest BCUT2D eigenvalue weighted by atomic mass is 9.89. The molecule has 0 atom stereocenters. The highest BCUT2D eigenvalue weighted by Crippen LogP contribution is 2.32. The van der Waals surface area contributed by atoms with E-state index in [1.165, 1.54) is 67.8 Å². The van der Waals surface area contributed by atoms with Crippen molar-refractivity contribution in [1.82, 2.24) is 0 Å². The Labute approximate surface area is 310 Å². The SMILES string of the molecule is Cc1c(COC(=O)c2c(F)ccc(F)c2I)c(C)c(COC(=O)c2c(F)ccc(F)c2I)c(C)c1COC(=O)c1c(F)ccc(F)c1I. The zero-order valence-corrected chi connectivity index (χ0v) is 31.4. The van der Waals surface area contributed by atoms with E-state index in [9.17, 15) is 40.7 Å². The fourth-order valence-corrected chi connectivity index (χ4v) is 6.78. The number of carbonyl (C=O) groups is 3. The van der Waals surface area contributed by atoms with Crippen LogP contribution in [0.2, 0.25) is 0 Å². The quantitative estimate of drug-likeness (QED) is 0.0548. The molecule has 252 valence electrons. The third kappa shape index (κ3) is 7.76. The highest BCUT2D eigenvalue weighted by atomic mass is 127. The third-order valence-corrected chi connectivity index (χ3v) is 10.7. The molecule has 0 saturated heterocycles. The Morgan fingerprint density at radius 2 is 0.667 bits per heavy atom. The van der Waals surface area contributed by atoms with Crippen LogP contribution in [0.1, 0.15) is 64.5 Å². The molecule has 0 aliphatic rings. The van der Waals surface area contributed by atoms with Crippen LogP contribution < -0.4 is 0 Å². The van der Waals surface area contributed by atoms with E-state index < -0.39 is 89.3 Å². The Balaban J connectivity index is 1.72. The molecule has 0 heterocycles. The smallest absolute Gasteiger partial charge is 0.342 e. The van der Waals surface area contributed by atoms with E-state index in [4.69, 9.17) is 14.2 Å². The second-order valence-electron chi connectivity index (χ2n) is 10.2. The molecule has 0 aliphatic carbocycles. The molecule has 4 aromatic carbocycles. The molecular formula is C33H21F6I3O6. The number of benzene rings is 4. The van der Waals surface area contributed by atoms with Gasteiger partial charge in [-0.15, -0.1) is 0 Å². The van der Waals surface area contributed by atoms with Crippen molar-refractivity contribution in [2.45, 2.75) is 40.6 Å². The van der Waals surface area contributed by atoms with Gasteiger partial charge >= 0.3 is 17.9 Å². The Hall–Kier alpha value is -2.94. The van der Waals surface area contributed by atoms with Gasteiger partial charge < -0.3 is 14.2 Å². The maximum Gasteiger partial charge on any atom is 0.342 e. The summed E-state index contributed by atoms with van der Waals surface area (Å²) in [4.78, 5) is 38.7. The van der Waals surface area contributed by atoms with Crippen LogP contribution in [0.5, 0.6) is 0 Å². The highest BCUT2D eigenvalue weighted by molar-refractivity contribution is 14.1. The van der Waals surface area contributed by atoms with Crippen molar-refractivity contribution in [2.24, 2.45) is 0 Å². The van der Waals surface area contributed by atoms with Crippen molar-refractivity contribution in [3.63, 3.8) is 0 Å². The molecule has 48 heavy (non-hydrogen) atoms. The predicted molar refractivity (Wildman–Crippen MR) is 185 cm³/mol. The monoisotopic (exact) mass is 1010 g/mol. The Morgan fingerprint density at radius 3 is 0.896 bits per heavy atom. The highest BCUT2D eigenvalue weighted by Gasteiger charge is 2.26. The normalized spacial score (nSPS) is 11.0. The van der Waals surface area contributed by atoms with Crippen LogP contribution in [0, 0.1) is 66.4 Å². The topological polar surface area (TPSA) is 78.9 Å². The van der Waals surface area contributed by atoms with Crippen molar-refractivity contribution in [1.29, 1.82) is 0 Å². The van der Waals surface area contributed by atoms with Gasteiger partial charge in [0, 0.05) is 0 Å². The number of ether oxygens (including phenoxy) is 3. The minimum Gasteiger partial charge on any atom is -0.457 e. The summed E-state index contributed by atoms with van der Waals surface area (Å²) in [5.41, 5.74) is 0.266. The molecular weight excluding hydrogens is 987 g/mol. The molecule has 0 aliphatic heterocycles. The fraction of sp³-hybridized carbons (Fsp3) is 0.182. The van der Waals surface area contributed by atoms with Gasteiger partial charge in [-0.05, 0) is 158 Å². The van der Waals surface area contributed by atoms with Gasteiger partial charge in [-0.25, -0.2) is 40.7 Å². The minimum atomic E-state index is -1.18. The molecule has 0 fully saturated rings. The van der Waals surface area contributed by atoms with Crippen molar-refractivity contribution in [2.75, 3.05) is 0 Å². The first kappa shape index (κ1) is 37.9. The number of carbonyl (C=O) groups excluding carboxylic acids is 3. The molecule has 0 aromatic heterocycles. The summed E-state index contributed by atoms with van der Waals surface area (Å²) >= 11 is 4.41. The summed E-state index contributed by atoms with van der Waals surface area (Å²) in [5.74, 6) is -9.08.